The van der Waals surface area contributed by atoms with Gasteiger partial charge in [0.1, 0.15) is 5.82 Å². The summed E-state index contributed by atoms with van der Waals surface area (Å²) in [5.41, 5.74) is -0.0240. The van der Waals surface area contributed by atoms with Crippen molar-refractivity contribution in [3.05, 3.63) is 42.2 Å². The maximum atomic E-state index is 14.1. The molecule has 1 heterocycles. The lowest BCUT2D eigenvalue weighted by atomic mass is 9.72. The zero-order valence-electron chi connectivity index (χ0n) is 12.3. The van der Waals surface area contributed by atoms with Crippen molar-refractivity contribution in [1.82, 2.24) is 0 Å². The first-order valence-corrected chi connectivity index (χ1v) is 7.83. The van der Waals surface area contributed by atoms with Crippen molar-refractivity contribution in [2.24, 2.45) is 28.6 Å². The van der Waals surface area contributed by atoms with Crippen LogP contribution in [0.5, 0.6) is 0 Å². The second kappa shape index (κ2) is 3.50. The summed E-state index contributed by atoms with van der Waals surface area (Å²) >= 11 is 0. The van der Waals surface area contributed by atoms with E-state index < -0.39 is 5.82 Å². The number of benzene rings is 1. The number of hydrogen-bond acceptors (Lipinski definition) is 2. The third-order valence-electron chi connectivity index (χ3n) is 6.63. The van der Waals surface area contributed by atoms with E-state index in [1.165, 1.54) is 12.1 Å². The lowest BCUT2D eigenvalue weighted by Gasteiger charge is -2.31. The quantitative estimate of drug-likeness (QED) is 0.590. The van der Waals surface area contributed by atoms with Gasteiger partial charge in [-0.1, -0.05) is 31.2 Å². The second-order valence-corrected chi connectivity index (χ2v) is 7.29. The van der Waals surface area contributed by atoms with Crippen LogP contribution >= 0.6 is 0 Å². The molecule has 2 bridgehead atoms. The summed E-state index contributed by atoms with van der Waals surface area (Å²) in [4.78, 5) is 27.0. The highest BCUT2D eigenvalue weighted by Crippen LogP contribution is 2.79. The van der Waals surface area contributed by atoms with Gasteiger partial charge < -0.3 is 0 Å². The zero-order chi connectivity index (χ0) is 15.3. The minimum Gasteiger partial charge on any atom is -0.274 e. The van der Waals surface area contributed by atoms with Gasteiger partial charge in [-0.3, -0.25) is 9.59 Å². The standard InChI is InChI=1S/C18H16FNO2/c1-17-7-6-10(18(17)8-9-18)13-14(17)16(22)20(15(13)21)12-5-3-2-4-11(12)19/h2-7,10,13-14H,8-9H2,1H3/t10-,13+,14-,17-/m0/s1. The maximum Gasteiger partial charge on any atom is 0.238 e. The fourth-order valence-electron chi connectivity index (χ4n) is 5.45. The molecular weight excluding hydrogens is 281 g/mol. The maximum absolute atomic E-state index is 14.1. The zero-order valence-corrected chi connectivity index (χ0v) is 12.3. The average Bonchev–Trinajstić information content (AvgIpc) is 3.15. The highest BCUT2D eigenvalue weighted by Gasteiger charge is 2.78. The van der Waals surface area contributed by atoms with Crippen molar-refractivity contribution in [2.45, 2.75) is 19.8 Å². The Hall–Kier alpha value is -1.97. The third kappa shape index (κ3) is 1.10. The Morgan fingerprint density at radius 2 is 1.91 bits per heavy atom. The molecule has 112 valence electrons. The van der Waals surface area contributed by atoms with Crippen LogP contribution in [0.2, 0.25) is 0 Å². The van der Waals surface area contributed by atoms with Gasteiger partial charge in [0.05, 0.1) is 17.5 Å². The molecule has 0 unspecified atom stereocenters. The molecule has 2 amide bonds. The molecular formula is C18H16FNO2. The van der Waals surface area contributed by atoms with Gasteiger partial charge in [0.15, 0.2) is 0 Å². The van der Waals surface area contributed by atoms with Crippen LogP contribution in [-0.2, 0) is 9.59 Å². The first-order valence-electron chi connectivity index (χ1n) is 7.83. The third-order valence-corrected chi connectivity index (χ3v) is 6.63. The average molecular weight is 297 g/mol. The van der Waals surface area contributed by atoms with E-state index in [1.54, 1.807) is 12.1 Å². The van der Waals surface area contributed by atoms with E-state index in [-0.39, 0.29) is 46.1 Å². The summed E-state index contributed by atoms with van der Waals surface area (Å²) in [6.07, 6.45) is 6.45. The molecule has 3 nitrogen and oxygen atoms in total. The molecule has 1 aromatic rings. The van der Waals surface area contributed by atoms with Gasteiger partial charge in [-0.05, 0) is 36.3 Å². The minimum absolute atomic E-state index is 0.0970. The first-order chi connectivity index (χ1) is 10.5. The molecule has 0 radical (unpaired) electrons. The monoisotopic (exact) mass is 297 g/mol. The number of nitrogens with zero attached hydrogens (tertiary/aromatic N) is 1. The molecule has 2 saturated carbocycles. The van der Waals surface area contributed by atoms with Gasteiger partial charge in [0, 0.05) is 5.41 Å². The number of allylic oxidation sites excluding steroid dienone is 2. The number of imide groups is 1. The van der Waals surface area contributed by atoms with Crippen molar-refractivity contribution in [1.29, 1.82) is 0 Å². The fourth-order valence-corrected chi connectivity index (χ4v) is 5.45. The Bertz CT molecular complexity index is 766. The summed E-state index contributed by atoms with van der Waals surface area (Å²) in [5, 5.41) is 0. The van der Waals surface area contributed by atoms with E-state index in [4.69, 9.17) is 0 Å². The molecule has 4 atom stereocenters. The number of para-hydroxylation sites is 1. The van der Waals surface area contributed by atoms with Crippen LogP contribution in [0, 0.1) is 34.4 Å². The number of anilines is 1. The molecule has 1 saturated heterocycles. The Morgan fingerprint density at radius 3 is 2.55 bits per heavy atom. The van der Waals surface area contributed by atoms with Gasteiger partial charge in [-0.15, -0.1) is 0 Å². The van der Waals surface area contributed by atoms with E-state index in [0.717, 1.165) is 17.7 Å². The molecule has 22 heavy (non-hydrogen) atoms. The second-order valence-electron chi connectivity index (χ2n) is 7.29. The molecule has 1 aliphatic heterocycles. The molecule has 3 aliphatic carbocycles. The van der Waals surface area contributed by atoms with E-state index in [0.29, 0.717) is 0 Å². The van der Waals surface area contributed by atoms with Crippen molar-refractivity contribution < 1.29 is 14.0 Å². The van der Waals surface area contributed by atoms with E-state index in [2.05, 4.69) is 19.1 Å². The summed E-state index contributed by atoms with van der Waals surface area (Å²) in [5.74, 6) is -1.43. The fraction of sp³-hybridized carbons (Fsp3) is 0.444. The van der Waals surface area contributed by atoms with E-state index >= 15 is 0 Å². The van der Waals surface area contributed by atoms with Crippen molar-refractivity contribution >= 4 is 17.5 Å². The smallest absolute Gasteiger partial charge is 0.238 e. The lowest BCUT2D eigenvalue weighted by molar-refractivity contribution is -0.124. The van der Waals surface area contributed by atoms with Crippen molar-refractivity contribution in [2.75, 3.05) is 4.90 Å². The molecule has 0 N–H and O–H groups in total. The topological polar surface area (TPSA) is 37.4 Å². The summed E-state index contributed by atoms with van der Waals surface area (Å²) in [7, 11) is 0. The number of halogens is 1. The molecule has 4 heteroatoms. The Kier molecular flexibility index (Phi) is 2.00. The Labute approximate surface area is 127 Å². The minimum atomic E-state index is -0.518. The largest absolute Gasteiger partial charge is 0.274 e. The van der Waals surface area contributed by atoms with Crippen LogP contribution in [0.4, 0.5) is 10.1 Å². The molecule has 1 spiro atoms. The predicted molar refractivity (Wildman–Crippen MR) is 78.3 cm³/mol. The van der Waals surface area contributed by atoms with Crippen LogP contribution < -0.4 is 4.90 Å². The molecule has 4 aliphatic rings. The normalized spacial score (nSPS) is 39.9. The highest BCUT2D eigenvalue weighted by molar-refractivity contribution is 6.23. The SMILES string of the molecule is C[C@]12C=C[C@@H]([C@H]3C(=O)N(c4ccccc4F)C(=O)[C@H]31)C21CC1. The number of rotatable bonds is 1. The van der Waals surface area contributed by atoms with Crippen LogP contribution in [-0.4, -0.2) is 11.8 Å². The molecule has 3 fully saturated rings. The summed E-state index contributed by atoms with van der Waals surface area (Å²) < 4.78 is 14.1. The summed E-state index contributed by atoms with van der Waals surface area (Å²) in [6, 6.07) is 6.03. The Morgan fingerprint density at radius 1 is 1.18 bits per heavy atom. The van der Waals surface area contributed by atoms with Gasteiger partial charge in [-0.2, -0.15) is 0 Å². The number of hydrogen-bond donors (Lipinski definition) is 0. The Balaban J connectivity index is 1.64. The number of amides is 2. The van der Waals surface area contributed by atoms with Gasteiger partial charge in [0.25, 0.3) is 0 Å². The van der Waals surface area contributed by atoms with Crippen LogP contribution in [0.1, 0.15) is 19.8 Å². The first kappa shape index (κ1) is 12.6. The van der Waals surface area contributed by atoms with Gasteiger partial charge >= 0.3 is 0 Å². The molecule has 0 aromatic heterocycles. The van der Waals surface area contributed by atoms with Crippen LogP contribution in [0.25, 0.3) is 0 Å². The van der Waals surface area contributed by atoms with E-state index in [1.807, 2.05) is 0 Å². The van der Waals surface area contributed by atoms with Crippen molar-refractivity contribution in [3.8, 4) is 0 Å². The summed E-state index contributed by atoms with van der Waals surface area (Å²) in [6.45, 7) is 2.11. The lowest BCUT2D eigenvalue weighted by Crippen LogP contribution is -2.38. The van der Waals surface area contributed by atoms with Gasteiger partial charge in [0.2, 0.25) is 11.8 Å². The van der Waals surface area contributed by atoms with Crippen LogP contribution in [0.3, 0.4) is 0 Å². The number of fused-ring (bicyclic) bond motifs is 3. The van der Waals surface area contributed by atoms with E-state index in [9.17, 15) is 14.0 Å². The van der Waals surface area contributed by atoms with Gasteiger partial charge in [-0.25, -0.2) is 9.29 Å². The number of carbonyl (C=O) groups is 2. The predicted octanol–water partition coefficient (Wildman–Crippen LogP) is 2.92. The molecule has 1 aromatic carbocycles. The molecule has 5 rings (SSSR count). The van der Waals surface area contributed by atoms with Crippen molar-refractivity contribution in [3.63, 3.8) is 0 Å². The van der Waals surface area contributed by atoms with Crippen LogP contribution in [0.15, 0.2) is 36.4 Å². The number of carbonyl (C=O) groups excluding carboxylic acids is 2. The highest BCUT2D eigenvalue weighted by atomic mass is 19.1.